The standard InChI is InChI=1S/C12H12Cl3NO3S/c1-6-2-8(3-6)16-12(17)9-4-7(13)5-10(11(9)14)20(15,18)19/h4-6,8H,2-3H2,1H3,(H,16,17). The molecule has 0 heterocycles. The van der Waals surface area contributed by atoms with Crippen LogP contribution in [0.4, 0.5) is 0 Å². The quantitative estimate of drug-likeness (QED) is 0.844. The van der Waals surface area contributed by atoms with E-state index >= 15 is 0 Å². The van der Waals surface area contributed by atoms with E-state index in [1.807, 2.05) is 0 Å². The predicted molar refractivity (Wildman–Crippen MR) is 79.2 cm³/mol. The molecule has 0 saturated heterocycles. The Labute approximate surface area is 131 Å². The van der Waals surface area contributed by atoms with Gasteiger partial charge in [-0.15, -0.1) is 0 Å². The normalized spacial score (nSPS) is 22.2. The zero-order chi connectivity index (χ0) is 15.1. The SMILES string of the molecule is CC1CC(NC(=O)c2cc(Cl)cc(S(=O)(=O)Cl)c2Cl)C1. The highest BCUT2D eigenvalue weighted by Crippen LogP contribution is 2.32. The molecule has 0 aromatic heterocycles. The monoisotopic (exact) mass is 355 g/mol. The zero-order valence-corrected chi connectivity index (χ0v) is 13.6. The highest BCUT2D eigenvalue weighted by atomic mass is 35.7. The van der Waals surface area contributed by atoms with Crippen molar-refractivity contribution in [2.45, 2.75) is 30.7 Å². The van der Waals surface area contributed by atoms with E-state index in [0.29, 0.717) is 5.92 Å². The third-order valence-electron chi connectivity index (χ3n) is 3.22. The van der Waals surface area contributed by atoms with Gasteiger partial charge in [-0.25, -0.2) is 8.42 Å². The lowest BCUT2D eigenvalue weighted by molar-refractivity contribution is 0.0896. The fourth-order valence-electron chi connectivity index (χ4n) is 2.19. The molecule has 110 valence electrons. The molecule has 0 spiro atoms. The van der Waals surface area contributed by atoms with Crippen LogP contribution in [0, 0.1) is 5.92 Å². The van der Waals surface area contributed by atoms with Gasteiger partial charge >= 0.3 is 0 Å². The molecule has 0 unspecified atom stereocenters. The second-order valence-corrected chi connectivity index (χ2v) is 8.30. The Morgan fingerprint density at radius 2 is 1.90 bits per heavy atom. The van der Waals surface area contributed by atoms with Crippen LogP contribution in [0.25, 0.3) is 0 Å². The first-order chi connectivity index (χ1) is 9.18. The van der Waals surface area contributed by atoms with Crippen LogP contribution in [0.2, 0.25) is 10.0 Å². The van der Waals surface area contributed by atoms with E-state index < -0.39 is 15.0 Å². The van der Waals surface area contributed by atoms with Crippen molar-refractivity contribution in [1.82, 2.24) is 5.32 Å². The first-order valence-electron chi connectivity index (χ1n) is 5.93. The summed E-state index contributed by atoms with van der Waals surface area (Å²) in [4.78, 5) is 11.8. The average molecular weight is 357 g/mol. The summed E-state index contributed by atoms with van der Waals surface area (Å²) in [5, 5.41) is 2.66. The molecule has 2 rings (SSSR count). The number of hydrogen-bond acceptors (Lipinski definition) is 3. The predicted octanol–water partition coefficient (Wildman–Crippen LogP) is 3.45. The minimum atomic E-state index is -4.07. The lowest BCUT2D eigenvalue weighted by Crippen LogP contribution is -2.43. The van der Waals surface area contributed by atoms with E-state index in [-0.39, 0.29) is 26.5 Å². The van der Waals surface area contributed by atoms with Gasteiger partial charge in [0.2, 0.25) is 0 Å². The van der Waals surface area contributed by atoms with E-state index in [1.54, 1.807) is 0 Å². The fraction of sp³-hybridized carbons (Fsp3) is 0.417. The third-order valence-corrected chi connectivity index (χ3v) is 5.30. The smallest absolute Gasteiger partial charge is 0.262 e. The number of halogens is 3. The maximum Gasteiger partial charge on any atom is 0.262 e. The van der Waals surface area contributed by atoms with Crippen LogP contribution in [0.15, 0.2) is 17.0 Å². The second kappa shape index (κ2) is 5.72. The average Bonchev–Trinajstić information content (AvgIpc) is 2.28. The van der Waals surface area contributed by atoms with Crippen LogP contribution < -0.4 is 5.32 Å². The maximum atomic E-state index is 12.1. The number of nitrogens with one attached hydrogen (secondary N) is 1. The van der Waals surface area contributed by atoms with Crippen molar-refractivity contribution in [1.29, 1.82) is 0 Å². The number of rotatable bonds is 3. The molecule has 1 amide bonds. The van der Waals surface area contributed by atoms with Gasteiger partial charge in [-0.2, -0.15) is 0 Å². The summed E-state index contributed by atoms with van der Waals surface area (Å²) in [6, 6.07) is 2.53. The van der Waals surface area contributed by atoms with Gasteiger partial charge in [-0.3, -0.25) is 4.79 Å². The number of benzene rings is 1. The summed E-state index contributed by atoms with van der Waals surface area (Å²) in [5.41, 5.74) is 0.0120. The van der Waals surface area contributed by atoms with Gasteiger partial charge < -0.3 is 5.32 Å². The fourth-order valence-corrected chi connectivity index (χ4v) is 4.05. The van der Waals surface area contributed by atoms with Crippen molar-refractivity contribution in [3.05, 3.63) is 27.7 Å². The summed E-state index contributed by atoms with van der Waals surface area (Å²) in [6.45, 7) is 2.09. The van der Waals surface area contributed by atoms with Crippen LogP contribution in [0.5, 0.6) is 0 Å². The summed E-state index contributed by atoms with van der Waals surface area (Å²) in [6.07, 6.45) is 1.79. The van der Waals surface area contributed by atoms with Crippen LogP contribution in [-0.4, -0.2) is 20.4 Å². The molecule has 1 aromatic carbocycles. The van der Waals surface area contributed by atoms with Gasteiger partial charge in [0, 0.05) is 21.7 Å². The highest BCUT2D eigenvalue weighted by molar-refractivity contribution is 8.13. The van der Waals surface area contributed by atoms with Crippen LogP contribution in [0.3, 0.4) is 0 Å². The number of carbonyl (C=O) groups is 1. The highest BCUT2D eigenvalue weighted by Gasteiger charge is 2.29. The molecule has 0 radical (unpaired) electrons. The Hall–Kier alpha value is -0.490. The van der Waals surface area contributed by atoms with Gasteiger partial charge in [0.05, 0.1) is 10.6 Å². The number of amides is 1. The lowest BCUT2D eigenvalue weighted by Gasteiger charge is -2.33. The zero-order valence-electron chi connectivity index (χ0n) is 10.5. The molecule has 0 bridgehead atoms. The van der Waals surface area contributed by atoms with Gasteiger partial charge in [0.15, 0.2) is 0 Å². The molecule has 0 aliphatic heterocycles. The minimum absolute atomic E-state index is 0.0120. The van der Waals surface area contributed by atoms with Crippen molar-refractivity contribution < 1.29 is 13.2 Å². The maximum absolute atomic E-state index is 12.1. The van der Waals surface area contributed by atoms with E-state index in [1.165, 1.54) is 6.07 Å². The molecule has 1 fully saturated rings. The Bertz CT molecular complexity index is 654. The van der Waals surface area contributed by atoms with Gasteiger partial charge in [-0.05, 0) is 30.9 Å². The lowest BCUT2D eigenvalue weighted by atomic mass is 9.82. The molecule has 1 aliphatic carbocycles. The van der Waals surface area contributed by atoms with Gasteiger partial charge in [-0.1, -0.05) is 30.1 Å². The molecule has 1 saturated carbocycles. The first kappa shape index (κ1) is 15.9. The Morgan fingerprint density at radius 3 is 2.40 bits per heavy atom. The topological polar surface area (TPSA) is 63.2 Å². The molecule has 1 aliphatic rings. The molecule has 0 atom stereocenters. The van der Waals surface area contributed by atoms with Crippen molar-refractivity contribution in [2.24, 2.45) is 5.92 Å². The Morgan fingerprint density at radius 1 is 1.30 bits per heavy atom. The molecule has 20 heavy (non-hydrogen) atoms. The summed E-state index contributed by atoms with van der Waals surface area (Å²) < 4.78 is 22.8. The number of carbonyl (C=O) groups excluding carboxylic acids is 1. The van der Waals surface area contributed by atoms with Crippen molar-refractivity contribution in [2.75, 3.05) is 0 Å². The summed E-state index contributed by atoms with van der Waals surface area (Å²) >= 11 is 11.8. The van der Waals surface area contributed by atoms with Crippen LogP contribution >= 0.6 is 33.9 Å². The van der Waals surface area contributed by atoms with Crippen molar-refractivity contribution >= 4 is 48.8 Å². The molecular weight excluding hydrogens is 345 g/mol. The van der Waals surface area contributed by atoms with Gasteiger partial charge in [0.25, 0.3) is 15.0 Å². The molecule has 4 nitrogen and oxygen atoms in total. The Kier molecular flexibility index (Phi) is 4.54. The second-order valence-electron chi connectivity index (χ2n) is 4.95. The van der Waals surface area contributed by atoms with Gasteiger partial charge in [0.1, 0.15) is 4.90 Å². The Balaban J connectivity index is 2.32. The minimum Gasteiger partial charge on any atom is -0.349 e. The van der Waals surface area contributed by atoms with E-state index in [2.05, 4.69) is 12.2 Å². The first-order valence-corrected chi connectivity index (χ1v) is 8.99. The van der Waals surface area contributed by atoms with E-state index in [9.17, 15) is 13.2 Å². The molecule has 1 aromatic rings. The largest absolute Gasteiger partial charge is 0.349 e. The summed E-state index contributed by atoms with van der Waals surface area (Å²) in [7, 11) is 1.21. The molecule has 1 N–H and O–H groups in total. The molecule has 8 heteroatoms. The molecular formula is C12H12Cl3NO3S. The summed E-state index contributed by atoms with van der Waals surface area (Å²) in [5.74, 6) is 0.130. The van der Waals surface area contributed by atoms with Crippen LogP contribution in [0.1, 0.15) is 30.1 Å². The van der Waals surface area contributed by atoms with Crippen molar-refractivity contribution in [3.8, 4) is 0 Å². The number of hydrogen-bond donors (Lipinski definition) is 1. The third kappa shape index (κ3) is 3.39. The van der Waals surface area contributed by atoms with E-state index in [4.69, 9.17) is 33.9 Å². The van der Waals surface area contributed by atoms with Crippen LogP contribution in [-0.2, 0) is 9.05 Å². The van der Waals surface area contributed by atoms with E-state index in [0.717, 1.165) is 18.9 Å². The van der Waals surface area contributed by atoms with Crippen molar-refractivity contribution in [3.63, 3.8) is 0 Å².